The number of benzene rings is 2. The summed E-state index contributed by atoms with van der Waals surface area (Å²) in [6.07, 6.45) is 0. The van der Waals surface area contributed by atoms with E-state index in [9.17, 15) is 9.59 Å². The highest BCUT2D eigenvalue weighted by molar-refractivity contribution is 6.31. The summed E-state index contributed by atoms with van der Waals surface area (Å²) in [4.78, 5) is 23.6. The Hall–Kier alpha value is -2.93. The fraction of sp³-hybridized carbons (Fsp3) is 0.263. The van der Waals surface area contributed by atoms with Gasteiger partial charge in [-0.3, -0.25) is 4.79 Å². The number of hydrogen-bond acceptors (Lipinski definition) is 6. The highest BCUT2D eigenvalue weighted by Gasteiger charge is 2.13. The molecule has 8 heteroatoms. The van der Waals surface area contributed by atoms with E-state index in [0.29, 0.717) is 17.4 Å². The minimum atomic E-state index is -0.690. The van der Waals surface area contributed by atoms with Gasteiger partial charge in [0.1, 0.15) is 18.1 Å². The van der Waals surface area contributed by atoms with Crippen LogP contribution >= 0.6 is 11.6 Å². The van der Waals surface area contributed by atoms with E-state index in [1.807, 2.05) is 6.92 Å². The Morgan fingerprint density at radius 1 is 1.07 bits per heavy atom. The van der Waals surface area contributed by atoms with Crippen molar-refractivity contribution in [1.29, 1.82) is 0 Å². The number of rotatable bonds is 9. The third-order valence-electron chi connectivity index (χ3n) is 3.40. The molecule has 1 amide bonds. The maximum atomic E-state index is 11.9. The Labute approximate surface area is 162 Å². The molecule has 0 saturated heterocycles. The van der Waals surface area contributed by atoms with Crippen LogP contribution in [0, 0.1) is 0 Å². The molecule has 7 nitrogen and oxygen atoms in total. The molecule has 0 heterocycles. The largest absolute Gasteiger partial charge is 0.494 e. The molecule has 0 radical (unpaired) electrons. The molecule has 2 rings (SSSR count). The molecule has 0 aliphatic carbocycles. The van der Waals surface area contributed by atoms with Crippen molar-refractivity contribution < 1.29 is 23.8 Å². The van der Waals surface area contributed by atoms with Gasteiger partial charge in [0.25, 0.3) is 5.91 Å². The van der Waals surface area contributed by atoms with Crippen LogP contribution in [0.25, 0.3) is 0 Å². The highest BCUT2D eigenvalue weighted by atomic mass is 35.5. The Kier molecular flexibility index (Phi) is 7.76. The topological polar surface area (TPSA) is 99.9 Å². The number of halogens is 1. The zero-order chi connectivity index (χ0) is 19.6. The molecule has 0 atom stereocenters. The van der Waals surface area contributed by atoms with Gasteiger partial charge in [0, 0.05) is 10.7 Å². The summed E-state index contributed by atoms with van der Waals surface area (Å²) >= 11 is 5.77. The van der Waals surface area contributed by atoms with E-state index in [1.54, 1.807) is 24.3 Å². The van der Waals surface area contributed by atoms with Gasteiger partial charge in [-0.2, -0.15) is 0 Å². The van der Waals surface area contributed by atoms with Crippen LogP contribution in [0.3, 0.4) is 0 Å². The average molecular weight is 393 g/mol. The van der Waals surface area contributed by atoms with Gasteiger partial charge < -0.3 is 25.3 Å². The second-order valence-corrected chi connectivity index (χ2v) is 5.85. The number of esters is 1. The van der Waals surface area contributed by atoms with Crippen LogP contribution in [0.2, 0.25) is 5.02 Å². The second kappa shape index (κ2) is 10.3. The fourth-order valence-corrected chi connectivity index (χ4v) is 2.32. The average Bonchev–Trinajstić information content (AvgIpc) is 2.65. The third-order valence-corrected chi connectivity index (χ3v) is 3.63. The van der Waals surface area contributed by atoms with Gasteiger partial charge in [-0.1, -0.05) is 11.6 Å². The zero-order valence-corrected chi connectivity index (χ0v) is 15.6. The summed E-state index contributed by atoms with van der Waals surface area (Å²) in [5.41, 5.74) is 6.05. The molecule has 2 aromatic carbocycles. The molecule has 3 N–H and O–H groups in total. The molecular weight excluding hydrogens is 372 g/mol. The van der Waals surface area contributed by atoms with Crippen LogP contribution < -0.4 is 20.5 Å². The molecule has 2 aromatic rings. The maximum Gasteiger partial charge on any atom is 0.340 e. The maximum absolute atomic E-state index is 11.9. The van der Waals surface area contributed by atoms with Crippen LogP contribution in [0.5, 0.6) is 11.5 Å². The predicted octanol–water partition coefficient (Wildman–Crippen LogP) is 2.67. The van der Waals surface area contributed by atoms with Gasteiger partial charge in [-0.15, -0.1) is 0 Å². The smallest absolute Gasteiger partial charge is 0.340 e. The van der Waals surface area contributed by atoms with E-state index in [2.05, 4.69) is 5.32 Å². The van der Waals surface area contributed by atoms with Crippen molar-refractivity contribution >= 4 is 29.2 Å². The lowest BCUT2D eigenvalue weighted by Crippen LogP contribution is -2.32. The van der Waals surface area contributed by atoms with Crippen molar-refractivity contribution in [2.75, 3.05) is 32.1 Å². The van der Waals surface area contributed by atoms with Gasteiger partial charge in [-0.25, -0.2) is 4.79 Å². The summed E-state index contributed by atoms with van der Waals surface area (Å²) < 4.78 is 15.8. The quantitative estimate of drug-likeness (QED) is 0.386. The molecule has 0 saturated carbocycles. The zero-order valence-electron chi connectivity index (χ0n) is 14.9. The molecule has 0 spiro atoms. The van der Waals surface area contributed by atoms with Gasteiger partial charge in [0.15, 0.2) is 6.61 Å². The summed E-state index contributed by atoms with van der Waals surface area (Å²) in [7, 11) is 0. The first-order valence-corrected chi connectivity index (χ1v) is 8.72. The molecule has 0 aliphatic rings. The van der Waals surface area contributed by atoms with Gasteiger partial charge in [0.2, 0.25) is 0 Å². The fourth-order valence-electron chi connectivity index (χ4n) is 2.14. The number of nitrogens with one attached hydrogen (secondary N) is 1. The molecule has 0 aromatic heterocycles. The molecule has 144 valence electrons. The summed E-state index contributed by atoms with van der Waals surface area (Å²) in [6.45, 7) is 2.64. The number of ether oxygens (including phenoxy) is 3. The number of anilines is 1. The van der Waals surface area contributed by atoms with Gasteiger partial charge >= 0.3 is 5.97 Å². The minimum Gasteiger partial charge on any atom is -0.494 e. The standard InChI is InChI=1S/C19H21ClN2O5/c1-2-25-14-4-6-15(7-5-14)26-10-9-22-18(23)12-27-19(24)16-8-3-13(20)11-17(16)21/h3-8,11H,2,9-10,12,21H2,1H3,(H,22,23). The molecule has 0 bridgehead atoms. The Balaban J connectivity index is 1.66. The molecule has 0 aliphatic heterocycles. The lowest BCUT2D eigenvalue weighted by Gasteiger charge is -2.10. The number of carbonyl (C=O) groups excluding carboxylic acids is 2. The Morgan fingerprint density at radius 2 is 1.74 bits per heavy atom. The monoisotopic (exact) mass is 392 g/mol. The Bertz CT molecular complexity index is 780. The van der Waals surface area contributed by atoms with Crippen LogP contribution in [0.15, 0.2) is 42.5 Å². The first kappa shape index (κ1) is 20.4. The molecule has 0 unspecified atom stereocenters. The van der Waals surface area contributed by atoms with Crippen molar-refractivity contribution in [3.8, 4) is 11.5 Å². The third kappa shape index (κ3) is 6.71. The first-order valence-electron chi connectivity index (χ1n) is 8.34. The van der Waals surface area contributed by atoms with Crippen LogP contribution in [-0.4, -0.2) is 38.2 Å². The van der Waals surface area contributed by atoms with E-state index in [1.165, 1.54) is 18.2 Å². The number of nitrogen functional groups attached to an aromatic ring is 1. The Morgan fingerprint density at radius 3 is 2.37 bits per heavy atom. The van der Waals surface area contributed by atoms with E-state index in [-0.39, 0.29) is 24.4 Å². The number of hydrogen-bond donors (Lipinski definition) is 2. The van der Waals surface area contributed by atoms with E-state index in [0.717, 1.165) is 5.75 Å². The van der Waals surface area contributed by atoms with Crippen LogP contribution in [-0.2, 0) is 9.53 Å². The van der Waals surface area contributed by atoms with Crippen molar-refractivity contribution in [3.05, 3.63) is 53.1 Å². The van der Waals surface area contributed by atoms with Gasteiger partial charge in [-0.05, 0) is 49.4 Å². The molecule has 27 heavy (non-hydrogen) atoms. The number of carbonyl (C=O) groups is 2. The normalized spacial score (nSPS) is 10.1. The molecule has 0 fully saturated rings. The van der Waals surface area contributed by atoms with Crippen molar-refractivity contribution in [3.63, 3.8) is 0 Å². The number of amides is 1. The first-order chi connectivity index (χ1) is 13.0. The van der Waals surface area contributed by atoms with Crippen LogP contribution in [0.4, 0.5) is 5.69 Å². The lowest BCUT2D eigenvalue weighted by atomic mass is 10.2. The summed E-state index contributed by atoms with van der Waals surface area (Å²) in [5, 5.41) is 3.01. The SMILES string of the molecule is CCOc1ccc(OCCNC(=O)COC(=O)c2ccc(Cl)cc2N)cc1. The van der Waals surface area contributed by atoms with E-state index in [4.69, 9.17) is 31.5 Å². The summed E-state index contributed by atoms with van der Waals surface area (Å²) in [5.74, 6) is 0.301. The highest BCUT2D eigenvalue weighted by Crippen LogP contribution is 2.19. The molecular formula is C19H21ClN2O5. The van der Waals surface area contributed by atoms with Crippen molar-refractivity contribution in [1.82, 2.24) is 5.32 Å². The summed E-state index contributed by atoms with van der Waals surface area (Å²) in [6, 6.07) is 11.6. The minimum absolute atomic E-state index is 0.158. The van der Waals surface area contributed by atoms with Crippen LogP contribution in [0.1, 0.15) is 17.3 Å². The van der Waals surface area contributed by atoms with Gasteiger partial charge in [0.05, 0.1) is 18.7 Å². The number of nitrogens with two attached hydrogens (primary N) is 1. The van der Waals surface area contributed by atoms with Crippen molar-refractivity contribution in [2.45, 2.75) is 6.92 Å². The second-order valence-electron chi connectivity index (χ2n) is 5.41. The van der Waals surface area contributed by atoms with Crippen molar-refractivity contribution in [2.24, 2.45) is 0 Å². The lowest BCUT2D eigenvalue weighted by molar-refractivity contribution is -0.124. The van der Waals surface area contributed by atoms with E-state index >= 15 is 0 Å². The van der Waals surface area contributed by atoms with E-state index < -0.39 is 18.5 Å². The predicted molar refractivity (Wildman–Crippen MR) is 102 cm³/mol.